The number of carbonyl (C=O) groups is 2. The lowest BCUT2D eigenvalue weighted by atomic mass is 10.2. The molecule has 0 fully saturated rings. The number of aliphatic carboxylic acids is 2. The second-order valence-electron chi connectivity index (χ2n) is 7.05. The minimum atomic E-state index is -1.82. The minimum Gasteiger partial charge on any atom is -0.473 e. The number of hydrogen-bond acceptors (Lipinski definition) is 6. The fourth-order valence-electron chi connectivity index (χ4n) is 2.95. The van der Waals surface area contributed by atoms with Gasteiger partial charge in [-0.05, 0) is 25.1 Å². The fourth-order valence-corrected chi connectivity index (χ4v) is 3.33. The van der Waals surface area contributed by atoms with Crippen molar-refractivity contribution < 1.29 is 24.5 Å². The zero-order chi connectivity index (χ0) is 23.0. The maximum atomic E-state index is 9.10. The number of carboxylic acid groups (broad SMARTS) is 2. The summed E-state index contributed by atoms with van der Waals surface area (Å²) in [4.78, 5) is 27.6. The first-order chi connectivity index (χ1) is 14.7. The van der Waals surface area contributed by atoms with E-state index in [9.17, 15) is 0 Å². The molecule has 1 aromatic carbocycles. The highest BCUT2D eigenvalue weighted by atomic mass is 35.5. The molecule has 0 saturated heterocycles. The number of hydrogen-bond donors (Lipinski definition) is 2. The summed E-state index contributed by atoms with van der Waals surface area (Å²) < 4.78 is 6.13. The van der Waals surface area contributed by atoms with Crippen molar-refractivity contribution >= 4 is 40.7 Å². The smallest absolute Gasteiger partial charge is 0.414 e. The van der Waals surface area contributed by atoms with Gasteiger partial charge in [-0.25, -0.2) is 14.6 Å². The van der Waals surface area contributed by atoms with Gasteiger partial charge in [-0.15, -0.1) is 0 Å². The lowest BCUT2D eigenvalue weighted by Gasteiger charge is -2.24. The van der Waals surface area contributed by atoms with Gasteiger partial charge in [-0.1, -0.05) is 54.2 Å². The van der Waals surface area contributed by atoms with Gasteiger partial charge in [0, 0.05) is 26.3 Å². The molecule has 1 aliphatic rings. The number of fused-ring (bicyclic) bond motifs is 1. The summed E-state index contributed by atoms with van der Waals surface area (Å²) in [6.07, 6.45) is 2.54. The van der Waals surface area contributed by atoms with E-state index in [1.165, 1.54) is 5.56 Å². The average Bonchev–Trinajstić information content (AvgIpc) is 2.84. The van der Waals surface area contributed by atoms with Gasteiger partial charge in [0.2, 0.25) is 5.88 Å². The van der Waals surface area contributed by atoms with Crippen LogP contribution in [0.5, 0.6) is 5.88 Å². The Hall–Kier alpha value is -2.75. The standard InChI is InChI=1S/C19H22ClN3OS.C2H2O4/c1-22(12-14-6-4-3-5-7-14)9-8-16-13-23(2)19(25)17-10-15(20)11-21-18(17)24-16;3-1(4)2(5)6/h3-7,10-11,16H,8-9,12-13H2,1-2H3;(H,3,4)(H,5,6). The van der Waals surface area contributed by atoms with Crippen LogP contribution in [0.15, 0.2) is 42.6 Å². The summed E-state index contributed by atoms with van der Waals surface area (Å²) >= 11 is 11.6. The van der Waals surface area contributed by atoms with Gasteiger partial charge in [0.05, 0.1) is 17.1 Å². The first-order valence-corrected chi connectivity index (χ1v) is 10.2. The zero-order valence-electron chi connectivity index (χ0n) is 17.2. The van der Waals surface area contributed by atoms with Crippen molar-refractivity contribution in [3.63, 3.8) is 0 Å². The van der Waals surface area contributed by atoms with Gasteiger partial charge >= 0.3 is 11.9 Å². The van der Waals surface area contributed by atoms with Crippen molar-refractivity contribution in [2.24, 2.45) is 0 Å². The van der Waals surface area contributed by atoms with E-state index in [2.05, 4.69) is 41.2 Å². The molecule has 2 aromatic rings. The molecule has 1 aromatic heterocycles. The average molecular weight is 466 g/mol. The lowest BCUT2D eigenvalue weighted by molar-refractivity contribution is -0.159. The number of rotatable bonds is 5. The summed E-state index contributed by atoms with van der Waals surface area (Å²) in [7, 11) is 4.12. The van der Waals surface area contributed by atoms with E-state index in [1.54, 1.807) is 6.20 Å². The topological polar surface area (TPSA) is 103 Å². The van der Waals surface area contributed by atoms with E-state index < -0.39 is 11.9 Å². The summed E-state index contributed by atoms with van der Waals surface area (Å²) in [5, 5.41) is 15.4. The zero-order valence-corrected chi connectivity index (χ0v) is 18.8. The monoisotopic (exact) mass is 465 g/mol. The van der Waals surface area contributed by atoms with Crippen molar-refractivity contribution in [2.45, 2.75) is 19.1 Å². The summed E-state index contributed by atoms with van der Waals surface area (Å²) in [5.74, 6) is -3.07. The third kappa shape index (κ3) is 7.78. The third-order valence-corrected chi connectivity index (χ3v) is 5.20. The molecular formula is C21H24ClN3O5S. The largest absolute Gasteiger partial charge is 0.473 e. The van der Waals surface area contributed by atoms with Gasteiger partial charge < -0.3 is 24.7 Å². The van der Waals surface area contributed by atoms with Crippen LogP contribution < -0.4 is 4.74 Å². The van der Waals surface area contributed by atoms with Crippen molar-refractivity contribution in [1.29, 1.82) is 0 Å². The van der Waals surface area contributed by atoms with E-state index in [1.807, 2.05) is 24.1 Å². The normalized spacial score (nSPS) is 15.3. The number of likely N-dealkylation sites (N-methyl/N-ethyl adjacent to an activating group) is 1. The number of halogens is 1. The Labute approximate surface area is 191 Å². The summed E-state index contributed by atoms with van der Waals surface area (Å²) in [6.45, 7) is 2.60. The number of carboxylic acids is 2. The number of benzene rings is 1. The van der Waals surface area contributed by atoms with Crippen molar-refractivity contribution in [3.8, 4) is 5.88 Å². The van der Waals surface area contributed by atoms with Crippen LogP contribution in [0.3, 0.4) is 0 Å². The molecule has 3 rings (SSSR count). The lowest BCUT2D eigenvalue weighted by Crippen LogP contribution is -2.35. The van der Waals surface area contributed by atoms with Gasteiger partial charge in [0.1, 0.15) is 11.1 Å². The van der Waals surface area contributed by atoms with Crippen LogP contribution in [-0.2, 0) is 16.1 Å². The van der Waals surface area contributed by atoms with Gasteiger partial charge in [-0.2, -0.15) is 0 Å². The molecule has 166 valence electrons. The van der Waals surface area contributed by atoms with Crippen LogP contribution >= 0.6 is 23.8 Å². The number of ether oxygens (including phenoxy) is 1. The Morgan fingerprint density at radius 3 is 2.55 bits per heavy atom. The molecule has 1 aliphatic heterocycles. The molecule has 0 spiro atoms. The number of aromatic nitrogens is 1. The molecule has 0 radical (unpaired) electrons. The van der Waals surface area contributed by atoms with E-state index in [4.69, 9.17) is 48.4 Å². The quantitative estimate of drug-likeness (QED) is 0.509. The highest BCUT2D eigenvalue weighted by Gasteiger charge is 2.25. The second kappa shape index (κ2) is 11.6. The predicted molar refractivity (Wildman–Crippen MR) is 121 cm³/mol. The molecule has 8 nitrogen and oxygen atoms in total. The van der Waals surface area contributed by atoms with Crippen molar-refractivity contribution in [2.75, 3.05) is 27.2 Å². The molecular weight excluding hydrogens is 442 g/mol. The second-order valence-corrected chi connectivity index (χ2v) is 7.88. The fraction of sp³-hybridized carbons (Fsp3) is 0.333. The van der Waals surface area contributed by atoms with Crippen LogP contribution in [0.4, 0.5) is 0 Å². The first-order valence-electron chi connectivity index (χ1n) is 9.43. The van der Waals surface area contributed by atoms with Crippen LogP contribution in [0.2, 0.25) is 5.02 Å². The molecule has 0 aliphatic carbocycles. The van der Waals surface area contributed by atoms with Gasteiger partial charge in [0.25, 0.3) is 0 Å². The number of nitrogens with zero attached hydrogens (tertiary/aromatic N) is 3. The Balaban J connectivity index is 0.000000501. The van der Waals surface area contributed by atoms with E-state index in [-0.39, 0.29) is 6.10 Å². The van der Waals surface area contributed by atoms with Gasteiger partial charge in [0.15, 0.2) is 0 Å². The highest BCUT2D eigenvalue weighted by Crippen LogP contribution is 2.26. The molecule has 1 unspecified atom stereocenters. The van der Waals surface area contributed by atoms with Crippen LogP contribution in [-0.4, -0.2) is 75.2 Å². The third-order valence-electron chi connectivity index (χ3n) is 4.46. The Morgan fingerprint density at radius 2 is 1.94 bits per heavy atom. The van der Waals surface area contributed by atoms with Gasteiger partial charge in [-0.3, -0.25) is 0 Å². The summed E-state index contributed by atoms with van der Waals surface area (Å²) in [6, 6.07) is 12.3. The molecule has 2 N–H and O–H groups in total. The SMILES string of the molecule is CN(CCC1CN(C)C(=S)c2cc(Cl)cnc2O1)Cc1ccccc1.O=C(O)C(=O)O. The van der Waals surface area contributed by atoms with Crippen molar-refractivity contribution in [1.82, 2.24) is 14.8 Å². The van der Waals surface area contributed by atoms with E-state index in [0.29, 0.717) is 10.9 Å². The molecule has 0 bridgehead atoms. The highest BCUT2D eigenvalue weighted by molar-refractivity contribution is 7.80. The molecule has 31 heavy (non-hydrogen) atoms. The van der Waals surface area contributed by atoms with Crippen LogP contribution in [0.1, 0.15) is 17.5 Å². The molecule has 0 amide bonds. The van der Waals surface area contributed by atoms with Crippen LogP contribution in [0.25, 0.3) is 0 Å². The molecule has 10 heteroatoms. The Bertz CT molecular complexity index is 916. The number of pyridine rings is 1. The number of thiocarbonyl (C=S) groups is 1. The first kappa shape index (κ1) is 24.5. The maximum absolute atomic E-state index is 9.10. The Morgan fingerprint density at radius 1 is 1.29 bits per heavy atom. The predicted octanol–water partition coefficient (Wildman–Crippen LogP) is 2.78. The van der Waals surface area contributed by atoms with E-state index in [0.717, 1.165) is 36.6 Å². The summed E-state index contributed by atoms with van der Waals surface area (Å²) in [5.41, 5.74) is 2.11. The maximum Gasteiger partial charge on any atom is 0.414 e. The van der Waals surface area contributed by atoms with Crippen LogP contribution in [0, 0.1) is 0 Å². The Kier molecular flexibility index (Phi) is 9.17. The molecule has 2 heterocycles. The molecule has 1 atom stereocenters. The van der Waals surface area contributed by atoms with E-state index >= 15 is 0 Å². The van der Waals surface area contributed by atoms with Crippen molar-refractivity contribution in [3.05, 3.63) is 58.7 Å². The molecule has 0 saturated carbocycles. The minimum absolute atomic E-state index is 0.0381.